The van der Waals surface area contributed by atoms with E-state index in [1.54, 1.807) is 13.8 Å². The maximum atomic E-state index is 12.6. The van der Waals surface area contributed by atoms with Gasteiger partial charge in [-0.1, -0.05) is 6.07 Å². The highest BCUT2D eigenvalue weighted by Crippen LogP contribution is 2.29. The molecule has 176 valence electrons. The molecule has 1 amide bonds. The molecule has 0 saturated carbocycles. The quantitative estimate of drug-likeness (QED) is 0.500. The fourth-order valence-electron chi connectivity index (χ4n) is 3.08. The Bertz CT molecular complexity index is 1020. The lowest BCUT2D eigenvalue weighted by atomic mass is 10.1. The van der Waals surface area contributed by atoms with E-state index < -0.39 is 10.0 Å². The zero-order valence-corrected chi connectivity index (χ0v) is 20.0. The van der Waals surface area contributed by atoms with Gasteiger partial charge in [0.15, 0.2) is 11.5 Å². The molecule has 0 aromatic heterocycles. The molecule has 2 N–H and O–H groups in total. The third-order valence-electron chi connectivity index (χ3n) is 4.41. The van der Waals surface area contributed by atoms with Crippen LogP contribution >= 0.6 is 0 Å². The van der Waals surface area contributed by atoms with Gasteiger partial charge < -0.3 is 19.5 Å². The van der Waals surface area contributed by atoms with Crippen LogP contribution in [-0.4, -0.2) is 47.2 Å². The molecule has 0 aliphatic rings. The van der Waals surface area contributed by atoms with E-state index in [-0.39, 0.29) is 28.2 Å². The minimum absolute atomic E-state index is 0.0748. The predicted octanol–water partition coefficient (Wildman–Crippen LogP) is 3.15. The number of benzene rings is 2. The molecule has 0 fully saturated rings. The van der Waals surface area contributed by atoms with Crippen LogP contribution in [0.1, 0.15) is 43.6 Å². The topological polar surface area (TPSA) is 103 Å². The highest BCUT2D eigenvalue weighted by Gasteiger charge is 2.22. The summed E-state index contributed by atoms with van der Waals surface area (Å²) in [5.74, 6) is 1.15. The molecule has 32 heavy (non-hydrogen) atoms. The maximum Gasteiger partial charge on any atom is 0.251 e. The summed E-state index contributed by atoms with van der Waals surface area (Å²) in [6.07, 6.45) is 0.578. The van der Waals surface area contributed by atoms with Crippen LogP contribution < -0.4 is 24.2 Å². The maximum absolute atomic E-state index is 12.6. The fraction of sp³-hybridized carbons (Fsp3) is 0.435. The van der Waals surface area contributed by atoms with Crippen molar-refractivity contribution >= 4 is 15.9 Å². The molecule has 0 heterocycles. The van der Waals surface area contributed by atoms with Gasteiger partial charge in [-0.25, -0.2) is 13.1 Å². The number of carbonyl (C=O) groups excluding carboxylic acids is 1. The van der Waals surface area contributed by atoms with Crippen LogP contribution in [0.5, 0.6) is 17.2 Å². The van der Waals surface area contributed by atoms with Gasteiger partial charge in [0.05, 0.1) is 20.3 Å². The summed E-state index contributed by atoms with van der Waals surface area (Å²) in [6, 6.07) is 9.72. The van der Waals surface area contributed by atoms with E-state index in [1.165, 1.54) is 25.3 Å². The first-order chi connectivity index (χ1) is 15.2. The Kier molecular flexibility index (Phi) is 9.34. The fourth-order valence-corrected chi connectivity index (χ4v) is 4.52. The number of rotatable bonds is 12. The second kappa shape index (κ2) is 11.7. The van der Waals surface area contributed by atoms with Gasteiger partial charge in [-0.05, 0) is 70.0 Å². The summed E-state index contributed by atoms with van der Waals surface area (Å²) in [7, 11) is -2.44. The third-order valence-corrected chi connectivity index (χ3v) is 6.09. The second-order valence-corrected chi connectivity index (χ2v) is 8.98. The molecule has 0 unspecified atom stereocenters. The van der Waals surface area contributed by atoms with Gasteiger partial charge in [0.1, 0.15) is 10.6 Å². The van der Waals surface area contributed by atoms with E-state index in [9.17, 15) is 13.2 Å². The molecule has 0 saturated heterocycles. The van der Waals surface area contributed by atoms with E-state index in [0.29, 0.717) is 37.7 Å². The van der Waals surface area contributed by atoms with Gasteiger partial charge >= 0.3 is 0 Å². The van der Waals surface area contributed by atoms with Gasteiger partial charge in [-0.3, -0.25) is 4.79 Å². The molecule has 8 nitrogen and oxygen atoms in total. The number of ether oxygens (including phenoxy) is 3. The van der Waals surface area contributed by atoms with Gasteiger partial charge in [-0.2, -0.15) is 0 Å². The summed E-state index contributed by atoms with van der Waals surface area (Å²) in [5, 5.41) is 2.83. The van der Waals surface area contributed by atoms with Crippen molar-refractivity contribution in [2.45, 2.75) is 45.1 Å². The first kappa shape index (κ1) is 25.5. The Balaban J connectivity index is 2.10. The van der Waals surface area contributed by atoms with E-state index in [0.717, 1.165) is 5.56 Å². The van der Waals surface area contributed by atoms with Crippen LogP contribution in [-0.2, 0) is 16.4 Å². The third kappa shape index (κ3) is 6.86. The lowest BCUT2D eigenvalue weighted by Gasteiger charge is -2.14. The van der Waals surface area contributed by atoms with Crippen LogP contribution in [0.25, 0.3) is 0 Å². The Hall–Kier alpha value is -2.78. The van der Waals surface area contributed by atoms with Gasteiger partial charge in [0.25, 0.3) is 5.91 Å². The average molecular weight is 465 g/mol. The predicted molar refractivity (Wildman–Crippen MR) is 123 cm³/mol. The number of hydrogen-bond donors (Lipinski definition) is 2. The molecule has 2 rings (SSSR count). The summed E-state index contributed by atoms with van der Waals surface area (Å²) >= 11 is 0. The summed E-state index contributed by atoms with van der Waals surface area (Å²) < 4.78 is 44.1. The molecular weight excluding hydrogens is 432 g/mol. The van der Waals surface area contributed by atoms with Crippen molar-refractivity contribution in [3.05, 3.63) is 47.5 Å². The van der Waals surface area contributed by atoms with Gasteiger partial charge in [0, 0.05) is 18.2 Å². The summed E-state index contributed by atoms with van der Waals surface area (Å²) in [5.41, 5.74) is 1.22. The van der Waals surface area contributed by atoms with E-state index in [1.807, 2.05) is 32.0 Å². The highest BCUT2D eigenvalue weighted by molar-refractivity contribution is 7.89. The lowest BCUT2D eigenvalue weighted by molar-refractivity contribution is 0.0954. The largest absolute Gasteiger partial charge is 0.495 e. The number of methoxy groups -OCH3 is 1. The summed E-state index contributed by atoms with van der Waals surface area (Å²) in [4.78, 5) is 12.6. The molecule has 0 aliphatic heterocycles. The van der Waals surface area contributed by atoms with Crippen molar-refractivity contribution in [1.29, 1.82) is 0 Å². The molecule has 0 bridgehead atoms. The zero-order valence-electron chi connectivity index (χ0n) is 19.2. The van der Waals surface area contributed by atoms with Crippen molar-refractivity contribution in [3.63, 3.8) is 0 Å². The average Bonchev–Trinajstić information content (AvgIpc) is 2.74. The molecule has 0 aliphatic carbocycles. The molecular formula is C23H32N2O6S. The number of nitrogens with one attached hydrogen (secondary N) is 2. The summed E-state index contributed by atoms with van der Waals surface area (Å²) in [6.45, 7) is 8.69. The molecule has 0 radical (unpaired) electrons. The Morgan fingerprint density at radius 1 is 0.969 bits per heavy atom. The smallest absolute Gasteiger partial charge is 0.251 e. The first-order valence-corrected chi connectivity index (χ1v) is 12.1. The van der Waals surface area contributed by atoms with Crippen LogP contribution in [0.3, 0.4) is 0 Å². The van der Waals surface area contributed by atoms with E-state index >= 15 is 0 Å². The highest BCUT2D eigenvalue weighted by atomic mass is 32.2. The molecule has 0 spiro atoms. The minimum atomic E-state index is -3.82. The normalized spacial score (nSPS) is 11.3. The Morgan fingerprint density at radius 2 is 1.62 bits per heavy atom. The minimum Gasteiger partial charge on any atom is -0.495 e. The number of carbonyl (C=O) groups is 1. The first-order valence-electron chi connectivity index (χ1n) is 10.6. The van der Waals surface area contributed by atoms with Crippen molar-refractivity contribution < 1.29 is 27.4 Å². The van der Waals surface area contributed by atoms with Crippen molar-refractivity contribution in [3.8, 4) is 17.2 Å². The number of hydrogen-bond acceptors (Lipinski definition) is 6. The van der Waals surface area contributed by atoms with E-state index in [4.69, 9.17) is 14.2 Å². The number of sulfonamides is 1. The second-order valence-electron chi connectivity index (χ2n) is 7.29. The van der Waals surface area contributed by atoms with E-state index in [2.05, 4.69) is 10.0 Å². The van der Waals surface area contributed by atoms with Crippen LogP contribution in [0.15, 0.2) is 41.3 Å². The number of amides is 1. The zero-order chi connectivity index (χ0) is 23.7. The van der Waals surface area contributed by atoms with Gasteiger partial charge in [0.2, 0.25) is 10.0 Å². The van der Waals surface area contributed by atoms with Gasteiger partial charge in [-0.15, -0.1) is 0 Å². The lowest BCUT2D eigenvalue weighted by Crippen LogP contribution is -2.31. The van der Waals surface area contributed by atoms with Crippen LogP contribution in [0.2, 0.25) is 0 Å². The molecule has 2 aromatic rings. The Labute approximate surface area is 190 Å². The van der Waals surface area contributed by atoms with Crippen molar-refractivity contribution in [1.82, 2.24) is 10.0 Å². The Morgan fingerprint density at radius 3 is 2.25 bits per heavy atom. The molecule has 0 atom stereocenters. The molecule has 9 heteroatoms. The monoisotopic (exact) mass is 464 g/mol. The van der Waals surface area contributed by atoms with Crippen molar-refractivity contribution in [2.75, 3.05) is 26.9 Å². The van der Waals surface area contributed by atoms with Crippen LogP contribution in [0.4, 0.5) is 0 Å². The van der Waals surface area contributed by atoms with Crippen LogP contribution in [0, 0.1) is 0 Å². The standard InChI is InChI=1S/C23H32N2O6S/c1-6-30-19-10-8-17(14-21(19)31-7-2)12-13-24-23(26)18-9-11-20(29-5)22(15-18)32(27,28)25-16(3)4/h8-11,14-16,25H,6-7,12-13H2,1-5H3,(H,24,26). The SMILES string of the molecule is CCOc1ccc(CCNC(=O)c2ccc(OC)c(S(=O)(=O)NC(C)C)c2)cc1OCC. The van der Waals surface area contributed by atoms with Crippen molar-refractivity contribution in [2.24, 2.45) is 0 Å². The molecule has 2 aromatic carbocycles.